The van der Waals surface area contributed by atoms with Crippen molar-refractivity contribution in [3.63, 3.8) is 0 Å². The second kappa shape index (κ2) is 9.19. The van der Waals surface area contributed by atoms with Crippen LogP contribution in [0.1, 0.15) is 25.3 Å². The smallest absolute Gasteiger partial charge is 0.233 e. The zero-order chi connectivity index (χ0) is 18.4. The van der Waals surface area contributed by atoms with Gasteiger partial charge in [0, 0.05) is 30.6 Å². The number of carbonyl (C=O) groups excluding carboxylic acids is 1. The lowest BCUT2D eigenvalue weighted by atomic mass is 10.0. The molecule has 1 N–H and O–H groups in total. The Morgan fingerprint density at radius 2 is 1.81 bits per heavy atom. The third-order valence-electron chi connectivity index (χ3n) is 4.69. The summed E-state index contributed by atoms with van der Waals surface area (Å²) in [7, 11) is 0. The summed E-state index contributed by atoms with van der Waals surface area (Å²) in [6.45, 7) is 4.75. The number of piperidine rings is 1. The zero-order valence-electron chi connectivity index (χ0n) is 15.0. The van der Waals surface area contributed by atoms with Gasteiger partial charge in [0.15, 0.2) is 0 Å². The molecule has 0 radical (unpaired) electrons. The summed E-state index contributed by atoms with van der Waals surface area (Å²) < 4.78 is 13.7. The van der Waals surface area contributed by atoms with Crippen molar-refractivity contribution in [3.8, 4) is 0 Å². The fourth-order valence-electron chi connectivity index (χ4n) is 3.18. The first-order valence-electron chi connectivity index (χ1n) is 9.09. The van der Waals surface area contributed by atoms with E-state index in [1.165, 1.54) is 23.4 Å². The first-order valence-corrected chi connectivity index (χ1v) is 9.97. The van der Waals surface area contributed by atoms with Gasteiger partial charge in [0.1, 0.15) is 5.82 Å². The van der Waals surface area contributed by atoms with E-state index in [4.69, 9.17) is 0 Å². The van der Waals surface area contributed by atoms with Gasteiger partial charge in [0.2, 0.25) is 5.91 Å². The number of halogens is 1. The summed E-state index contributed by atoms with van der Waals surface area (Å²) >= 11 is 1.27. The molecule has 1 fully saturated rings. The van der Waals surface area contributed by atoms with Gasteiger partial charge in [0.25, 0.3) is 0 Å². The maximum absolute atomic E-state index is 13.7. The first-order chi connectivity index (χ1) is 12.6. The van der Waals surface area contributed by atoms with E-state index in [9.17, 15) is 9.18 Å². The van der Waals surface area contributed by atoms with Gasteiger partial charge in [-0.15, -0.1) is 11.8 Å². The maximum Gasteiger partial charge on any atom is 0.233 e. The highest BCUT2D eigenvalue weighted by molar-refractivity contribution is 8.00. The standard InChI is InChI=1S/C21H25FN2OS/c1-16(26-20-10-6-5-9-19(20)22)21(25)23-18-11-13-24(14-12-18)15-17-7-3-2-4-8-17/h2-10,16,18H,11-15H2,1H3,(H,23,25)/t16-/m0/s1. The molecule has 0 aromatic heterocycles. The quantitative estimate of drug-likeness (QED) is 0.775. The van der Waals surface area contributed by atoms with E-state index in [1.807, 2.05) is 13.0 Å². The molecule has 1 heterocycles. The van der Waals surface area contributed by atoms with Gasteiger partial charge in [-0.1, -0.05) is 42.5 Å². The number of nitrogens with one attached hydrogen (secondary N) is 1. The molecule has 138 valence electrons. The minimum Gasteiger partial charge on any atom is -0.352 e. The van der Waals surface area contributed by atoms with Crippen molar-refractivity contribution in [2.75, 3.05) is 13.1 Å². The van der Waals surface area contributed by atoms with Gasteiger partial charge in [-0.2, -0.15) is 0 Å². The molecule has 5 heteroatoms. The molecule has 0 saturated carbocycles. The van der Waals surface area contributed by atoms with Crippen LogP contribution in [0, 0.1) is 5.82 Å². The normalized spacial score (nSPS) is 17.0. The molecule has 0 unspecified atom stereocenters. The topological polar surface area (TPSA) is 32.3 Å². The molecule has 3 rings (SSSR count). The Balaban J connectivity index is 1.43. The van der Waals surface area contributed by atoms with Crippen molar-refractivity contribution in [2.24, 2.45) is 0 Å². The van der Waals surface area contributed by atoms with Crippen LogP contribution in [0.15, 0.2) is 59.5 Å². The Bertz CT molecular complexity index is 717. The molecule has 2 aromatic carbocycles. The van der Waals surface area contributed by atoms with E-state index in [0.717, 1.165) is 32.5 Å². The molecular weight excluding hydrogens is 347 g/mol. The van der Waals surface area contributed by atoms with Gasteiger partial charge in [-0.3, -0.25) is 9.69 Å². The molecule has 1 amide bonds. The minimum atomic E-state index is -0.311. The van der Waals surface area contributed by atoms with Crippen LogP contribution in [0.2, 0.25) is 0 Å². The van der Waals surface area contributed by atoms with Crippen LogP contribution in [0.25, 0.3) is 0 Å². The first kappa shape index (κ1) is 18.9. The number of amides is 1. The van der Waals surface area contributed by atoms with Crippen molar-refractivity contribution < 1.29 is 9.18 Å². The van der Waals surface area contributed by atoms with Crippen LogP contribution in [-0.2, 0) is 11.3 Å². The number of hydrogen-bond acceptors (Lipinski definition) is 3. The molecule has 0 aliphatic carbocycles. The van der Waals surface area contributed by atoms with Crippen molar-refractivity contribution >= 4 is 17.7 Å². The van der Waals surface area contributed by atoms with Crippen molar-refractivity contribution in [1.29, 1.82) is 0 Å². The molecule has 1 atom stereocenters. The largest absolute Gasteiger partial charge is 0.352 e. The van der Waals surface area contributed by atoms with E-state index >= 15 is 0 Å². The van der Waals surface area contributed by atoms with Crippen LogP contribution >= 0.6 is 11.8 Å². The molecule has 1 aliphatic heterocycles. The fraction of sp³-hybridized carbons (Fsp3) is 0.381. The van der Waals surface area contributed by atoms with Crippen LogP contribution < -0.4 is 5.32 Å². The lowest BCUT2D eigenvalue weighted by Gasteiger charge is -2.32. The summed E-state index contributed by atoms with van der Waals surface area (Å²) in [5, 5.41) is 2.82. The number of rotatable bonds is 6. The van der Waals surface area contributed by atoms with Crippen LogP contribution in [0.4, 0.5) is 4.39 Å². The summed E-state index contributed by atoms with van der Waals surface area (Å²) in [5.74, 6) is -0.286. The molecule has 0 spiro atoms. The molecule has 1 saturated heterocycles. The van der Waals surface area contributed by atoms with Crippen molar-refractivity contribution in [2.45, 2.75) is 42.5 Å². The second-order valence-corrected chi connectivity index (χ2v) is 8.12. The third kappa shape index (κ3) is 5.32. The predicted octanol–water partition coefficient (Wildman–Crippen LogP) is 4.09. The summed E-state index contributed by atoms with van der Waals surface area (Å²) in [5.41, 5.74) is 1.32. The van der Waals surface area contributed by atoms with Crippen LogP contribution in [-0.4, -0.2) is 35.2 Å². The lowest BCUT2D eigenvalue weighted by molar-refractivity contribution is -0.121. The van der Waals surface area contributed by atoms with E-state index in [0.29, 0.717) is 4.90 Å². The molecule has 2 aromatic rings. The third-order valence-corrected chi connectivity index (χ3v) is 5.85. The highest BCUT2D eigenvalue weighted by Gasteiger charge is 2.23. The minimum absolute atomic E-state index is 0.0141. The highest BCUT2D eigenvalue weighted by Crippen LogP contribution is 2.26. The maximum atomic E-state index is 13.7. The summed E-state index contributed by atoms with van der Waals surface area (Å²) in [6, 6.07) is 17.3. The Morgan fingerprint density at radius 1 is 1.15 bits per heavy atom. The lowest BCUT2D eigenvalue weighted by Crippen LogP contribution is -2.46. The van der Waals surface area contributed by atoms with Gasteiger partial charge < -0.3 is 5.32 Å². The monoisotopic (exact) mass is 372 g/mol. The summed E-state index contributed by atoms with van der Waals surface area (Å²) in [4.78, 5) is 15.4. The number of carbonyl (C=O) groups is 1. The fourth-order valence-corrected chi connectivity index (χ4v) is 4.07. The number of benzene rings is 2. The summed E-state index contributed by atoms with van der Waals surface area (Å²) in [6.07, 6.45) is 1.91. The number of nitrogens with zero attached hydrogens (tertiary/aromatic N) is 1. The van der Waals surface area contributed by atoms with E-state index in [1.54, 1.807) is 18.2 Å². The van der Waals surface area contributed by atoms with E-state index in [2.05, 4.69) is 34.5 Å². The molecule has 3 nitrogen and oxygen atoms in total. The van der Waals surface area contributed by atoms with E-state index in [-0.39, 0.29) is 23.0 Å². The zero-order valence-corrected chi connectivity index (χ0v) is 15.8. The van der Waals surface area contributed by atoms with Gasteiger partial charge in [-0.05, 0) is 37.5 Å². The Hall–Kier alpha value is -1.85. The number of thioether (sulfide) groups is 1. The Kier molecular flexibility index (Phi) is 6.69. The molecule has 26 heavy (non-hydrogen) atoms. The molecule has 1 aliphatic rings. The molecule has 0 bridgehead atoms. The van der Waals surface area contributed by atoms with Gasteiger partial charge in [-0.25, -0.2) is 4.39 Å². The highest BCUT2D eigenvalue weighted by atomic mass is 32.2. The average molecular weight is 373 g/mol. The van der Waals surface area contributed by atoms with E-state index < -0.39 is 0 Å². The Labute approximate surface area is 159 Å². The SMILES string of the molecule is C[C@H](Sc1ccccc1F)C(=O)NC1CCN(Cc2ccccc2)CC1. The predicted molar refractivity (Wildman–Crippen MR) is 105 cm³/mol. The van der Waals surface area contributed by atoms with Crippen LogP contribution in [0.3, 0.4) is 0 Å². The Morgan fingerprint density at radius 3 is 2.50 bits per heavy atom. The number of likely N-dealkylation sites (tertiary alicyclic amines) is 1. The average Bonchev–Trinajstić information content (AvgIpc) is 2.66. The second-order valence-electron chi connectivity index (χ2n) is 6.74. The van der Waals surface area contributed by atoms with Crippen LogP contribution in [0.5, 0.6) is 0 Å². The molecular formula is C21H25FN2OS. The number of hydrogen-bond donors (Lipinski definition) is 1. The van der Waals surface area contributed by atoms with Gasteiger partial charge >= 0.3 is 0 Å². The van der Waals surface area contributed by atoms with Gasteiger partial charge in [0.05, 0.1) is 5.25 Å². The van der Waals surface area contributed by atoms with Crippen molar-refractivity contribution in [1.82, 2.24) is 10.2 Å². The van der Waals surface area contributed by atoms with Crippen molar-refractivity contribution in [3.05, 3.63) is 66.0 Å².